The van der Waals surface area contributed by atoms with Gasteiger partial charge < -0.3 is 9.64 Å². The van der Waals surface area contributed by atoms with Crippen molar-refractivity contribution in [3.63, 3.8) is 0 Å². The van der Waals surface area contributed by atoms with Gasteiger partial charge in [0.05, 0.1) is 5.01 Å². The van der Waals surface area contributed by atoms with Gasteiger partial charge in [-0.25, -0.2) is 9.78 Å². The van der Waals surface area contributed by atoms with Gasteiger partial charge in [0.1, 0.15) is 15.6 Å². The van der Waals surface area contributed by atoms with Gasteiger partial charge in [0.25, 0.3) is 0 Å². The number of halogens is 1. The smallest absolute Gasteiger partial charge is 0.410 e. The predicted molar refractivity (Wildman–Crippen MR) is 140 cm³/mol. The van der Waals surface area contributed by atoms with Crippen LogP contribution in [0, 0.1) is 0 Å². The Labute approximate surface area is 208 Å². The Hall–Kier alpha value is -1.59. The fourth-order valence-electron chi connectivity index (χ4n) is 3.94. The Kier molecular flexibility index (Phi) is 7.27. The van der Waals surface area contributed by atoms with Crippen molar-refractivity contribution in [3.05, 3.63) is 38.7 Å². The lowest BCUT2D eigenvalue weighted by molar-refractivity contribution is 0.0205. The minimum atomic E-state index is -0.473. The van der Waals surface area contributed by atoms with Crippen LogP contribution in [0.25, 0.3) is 11.3 Å². The SMILES string of the molecule is CC(C)(C)OC(=O)N1CCC(c2nc(-c3cc(C(C)(C)C)cc(C(C)(C)C)c3)c(Cl)s2)CC1. The zero-order chi connectivity index (χ0) is 24.8. The Balaban J connectivity index is 1.84. The molecule has 0 bridgehead atoms. The molecule has 0 spiro atoms. The van der Waals surface area contributed by atoms with Crippen molar-refractivity contribution in [2.24, 2.45) is 0 Å². The minimum absolute atomic E-state index is 0.0375. The lowest BCUT2D eigenvalue weighted by Crippen LogP contribution is -2.41. The summed E-state index contributed by atoms with van der Waals surface area (Å²) in [4.78, 5) is 19.2. The summed E-state index contributed by atoms with van der Waals surface area (Å²) in [7, 11) is 0. The predicted octanol–water partition coefficient (Wildman–Crippen LogP) is 8.17. The summed E-state index contributed by atoms with van der Waals surface area (Å²) in [6, 6.07) is 6.80. The molecule has 1 aromatic carbocycles. The number of carbonyl (C=O) groups is 1. The number of nitrogens with zero attached hydrogens (tertiary/aromatic N) is 2. The molecule has 2 aromatic rings. The molecule has 1 amide bonds. The van der Waals surface area contributed by atoms with Gasteiger partial charge in [0.15, 0.2) is 0 Å². The van der Waals surface area contributed by atoms with E-state index < -0.39 is 5.60 Å². The lowest BCUT2D eigenvalue weighted by atomic mass is 9.79. The average molecular weight is 491 g/mol. The highest BCUT2D eigenvalue weighted by Crippen LogP contribution is 2.41. The van der Waals surface area contributed by atoms with Crippen LogP contribution in [0.3, 0.4) is 0 Å². The van der Waals surface area contributed by atoms with Crippen molar-refractivity contribution in [2.45, 2.75) is 97.5 Å². The molecule has 4 nitrogen and oxygen atoms in total. The molecule has 6 heteroatoms. The first-order chi connectivity index (χ1) is 15.0. The molecule has 2 heterocycles. The summed E-state index contributed by atoms with van der Waals surface area (Å²) < 4.78 is 6.27. The van der Waals surface area contributed by atoms with Gasteiger partial charge in [-0.3, -0.25) is 0 Å². The van der Waals surface area contributed by atoms with Crippen molar-refractivity contribution in [3.8, 4) is 11.3 Å². The van der Waals surface area contributed by atoms with Gasteiger partial charge in [-0.15, -0.1) is 11.3 Å². The highest BCUT2D eigenvalue weighted by Gasteiger charge is 2.30. The molecular formula is C27H39ClN2O2S. The Morgan fingerprint density at radius 2 is 1.48 bits per heavy atom. The Morgan fingerprint density at radius 3 is 1.94 bits per heavy atom. The number of hydrogen-bond acceptors (Lipinski definition) is 4. The van der Waals surface area contributed by atoms with Crippen LogP contribution in [0.15, 0.2) is 18.2 Å². The zero-order valence-electron chi connectivity index (χ0n) is 21.6. The number of hydrogen-bond donors (Lipinski definition) is 0. The van der Waals surface area contributed by atoms with E-state index in [9.17, 15) is 4.79 Å². The van der Waals surface area contributed by atoms with Crippen LogP contribution < -0.4 is 0 Å². The van der Waals surface area contributed by atoms with Crippen molar-refractivity contribution < 1.29 is 9.53 Å². The number of piperidine rings is 1. The van der Waals surface area contributed by atoms with Crippen LogP contribution in [0.2, 0.25) is 4.34 Å². The van der Waals surface area contributed by atoms with E-state index in [2.05, 4.69) is 59.7 Å². The van der Waals surface area contributed by atoms with Gasteiger partial charge in [0, 0.05) is 24.6 Å². The average Bonchev–Trinajstić information content (AvgIpc) is 3.07. The lowest BCUT2D eigenvalue weighted by Gasteiger charge is -2.32. The standard InChI is InChI=1S/C27H39ClN2O2S/c1-25(2,3)19-14-18(15-20(16-19)26(4,5)6)21-22(28)33-23(29-21)17-10-12-30(13-11-17)24(31)32-27(7,8)9/h14-17H,10-13H2,1-9H3. The number of carbonyl (C=O) groups excluding carboxylic acids is 1. The minimum Gasteiger partial charge on any atom is -0.444 e. The second-order valence-electron chi connectivity index (χ2n) is 12.2. The van der Waals surface area contributed by atoms with Gasteiger partial charge >= 0.3 is 6.09 Å². The second kappa shape index (κ2) is 9.22. The van der Waals surface area contributed by atoms with Gasteiger partial charge in [-0.05, 0) is 67.7 Å². The second-order valence-corrected chi connectivity index (χ2v) is 13.8. The summed E-state index contributed by atoms with van der Waals surface area (Å²) >= 11 is 8.34. The summed E-state index contributed by atoms with van der Waals surface area (Å²) in [6.45, 7) is 20.5. The number of likely N-dealkylation sites (tertiary alicyclic amines) is 1. The van der Waals surface area contributed by atoms with Crippen molar-refractivity contribution in [1.82, 2.24) is 9.88 Å². The number of amides is 1. The Morgan fingerprint density at radius 1 is 0.970 bits per heavy atom. The van der Waals surface area contributed by atoms with E-state index in [-0.39, 0.29) is 16.9 Å². The maximum Gasteiger partial charge on any atom is 0.410 e. The third kappa shape index (κ3) is 6.51. The fourth-order valence-corrected chi connectivity index (χ4v) is 5.31. The van der Waals surface area contributed by atoms with E-state index in [0.717, 1.165) is 33.4 Å². The molecule has 1 aliphatic heterocycles. The van der Waals surface area contributed by atoms with E-state index in [1.807, 2.05) is 20.8 Å². The quantitative estimate of drug-likeness (QED) is 0.426. The molecule has 3 rings (SSSR count). The molecule has 1 aromatic heterocycles. The Bertz CT molecular complexity index is 968. The highest BCUT2D eigenvalue weighted by atomic mass is 35.5. The van der Waals surface area contributed by atoms with Crippen LogP contribution in [0.5, 0.6) is 0 Å². The van der Waals surface area contributed by atoms with E-state index in [4.69, 9.17) is 21.3 Å². The summed E-state index contributed by atoms with van der Waals surface area (Å²) in [5, 5.41) is 1.07. The molecule has 1 saturated heterocycles. The summed E-state index contributed by atoms with van der Waals surface area (Å²) in [6.07, 6.45) is 1.52. The fraction of sp³-hybridized carbons (Fsp3) is 0.630. The van der Waals surface area contributed by atoms with Gasteiger partial charge in [-0.2, -0.15) is 0 Å². The molecule has 33 heavy (non-hydrogen) atoms. The first-order valence-electron chi connectivity index (χ1n) is 11.9. The van der Waals surface area contributed by atoms with E-state index >= 15 is 0 Å². The molecule has 0 saturated carbocycles. The number of rotatable bonds is 2. The molecule has 0 aliphatic carbocycles. The molecule has 0 atom stereocenters. The van der Waals surface area contributed by atoms with Crippen LogP contribution in [0.4, 0.5) is 4.79 Å². The first-order valence-corrected chi connectivity index (χ1v) is 13.0. The zero-order valence-corrected chi connectivity index (χ0v) is 23.2. The van der Waals surface area contributed by atoms with Crippen LogP contribution >= 0.6 is 22.9 Å². The molecule has 0 N–H and O–H groups in total. The molecule has 0 radical (unpaired) electrons. The molecule has 182 valence electrons. The molecule has 1 fully saturated rings. The van der Waals surface area contributed by atoms with Crippen molar-refractivity contribution in [1.29, 1.82) is 0 Å². The topological polar surface area (TPSA) is 42.4 Å². The first kappa shape index (κ1) is 26.0. The van der Waals surface area contributed by atoms with Crippen molar-refractivity contribution in [2.75, 3.05) is 13.1 Å². The van der Waals surface area contributed by atoms with Gasteiger partial charge in [0.2, 0.25) is 0 Å². The number of thiazole rings is 1. The third-order valence-electron chi connectivity index (χ3n) is 6.04. The van der Waals surface area contributed by atoms with E-state index in [1.54, 1.807) is 16.2 Å². The number of aromatic nitrogens is 1. The summed E-state index contributed by atoms with van der Waals surface area (Å²) in [5.41, 5.74) is 4.15. The van der Waals surface area contributed by atoms with Gasteiger partial charge in [-0.1, -0.05) is 59.2 Å². The molecular weight excluding hydrogens is 452 g/mol. The van der Waals surface area contributed by atoms with E-state index in [0.29, 0.717) is 19.0 Å². The number of benzene rings is 1. The third-order valence-corrected chi connectivity index (χ3v) is 7.45. The molecule has 1 aliphatic rings. The van der Waals surface area contributed by atoms with E-state index in [1.165, 1.54) is 11.1 Å². The highest BCUT2D eigenvalue weighted by molar-refractivity contribution is 7.16. The van der Waals surface area contributed by atoms with Crippen molar-refractivity contribution >= 4 is 29.0 Å². The molecule has 0 unspecified atom stereocenters. The number of ether oxygens (including phenoxy) is 1. The maximum absolute atomic E-state index is 12.4. The largest absolute Gasteiger partial charge is 0.444 e. The van der Waals surface area contributed by atoms with Crippen LogP contribution in [0.1, 0.15) is 97.2 Å². The van der Waals surface area contributed by atoms with Crippen LogP contribution in [-0.2, 0) is 15.6 Å². The van der Waals surface area contributed by atoms with Crippen LogP contribution in [-0.4, -0.2) is 34.7 Å². The monoisotopic (exact) mass is 490 g/mol. The summed E-state index contributed by atoms with van der Waals surface area (Å²) in [5.74, 6) is 0.313. The maximum atomic E-state index is 12.4. The normalized spacial score (nSPS) is 16.2.